The van der Waals surface area contributed by atoms with Crippen molar-refractivity contribution in [3.8, 4) is 0 Å². The Kier molecular flexibility index (Phi) is 5.49. The van der Waals surface area contributed by atoms with E-state index in [1.165, 1.54) is 6.39 Å². The van der Waals surface area contributed by atoms with Crippen molar-refractivity contribution in [2.75, 3.05) is 6.54 Å². The molecular weight excluding hydrogens is 208 g/mol. The average Bonchev–Trinajstić information content (AvgIpc) is 2.70. The Morgan fingerprint density at radius 3 is 3.12 bits per heavy atom. The fourth-order valence-electron chi connectivity index (χ4n) is 1.29. The first-order valence-corrected chi connectivity index (χ1v) is 5.46. The molecule has 0 aliphatic carbocycles. The van der Waals surface area contributed by atoms with Crippen LogP contribution in [0, 0.1) is 0 Å². The van der Waals surface area contributed by atoms with Crippen LogP contribution in [-0.4, -0.2) is 28.6 Å². The average molecular weight is 226 g/mol. The van der Waals surface area contributed by atoms with Crippen molar-refractivity contribution >= 4 is 5.91 Å². The number of amides is 1. The molecule has 1 aromatic heterocycles. The maximum atomic E-state index is 11.3. The molecule has 6 heteroatoms. The lowest BCUT2D eigenvalue weighted by atomic mass is 10.1. The third-order valence-corrected chi connectivity index (χ3v) is 2.14. The smallest absolute Gasteiger partial charge is 0.220 e. The lowest BCUT2D eigenvalue weighted by molar-refractivity contribution is -0.121. The number of nitrogens with one attached hydrogen (secondary N) is 1. The van der Waals surface area contributed by atoms with E-state index >= 15 is 0 Å². The van der Waals surface area contributed by atoms with Crippen LogP contribution in [0.25, 0.3) is 0 Å². The number of hydrogen-bond acceptors (Lipinski definition) is 5. The van der Waals surface area contributed by atoms with Gasteiger partial charge < -0.3 is 15.6 Å². The second kappa shape index (κ2) is 6.95. The topological polar surface area (TPSA) is 94.0 Å². The summed E-state index contributed by atoms with van der Waals surface area (Å²) < 4.78 is 4.58. The standard InChI is InChI=1S/C10H18N4O2/c1-8(11)3-2-4-10(15)12-6-5-9-13-7-16-14-9/h7-8H,2-6,11H2,1H3,(H,12,15). The highest BCUT2D eigenvalue weighted by molar-refractivity contribution is 5.75. The van der Waals surface area contributed by atoms with Crippen LogP contribution in [-0.2, 0) is 11.2 Å². The third kappa shape index (κ3) is 5.45. The van der Waals surface area contributed by atoms with Crippen molar-refractivity contribution in [3.05, 3.63) is 12.2 Å². The Balaban J connectivity index is 2.02. The van der Waals surface area contributed by atoms with Gasteiger partial charge in [0.2, 0.25) is 12.3 Å². The molecule has 16 heavy (non-hydrogen) atoms. The number of aromatic nitrogens is 2. The Labute approximate surface area is 94.6 Å². The molecule has 6 nitrogen and oxygen atoms in total. The first kappa shape index (κ1) is 12.6. The van der Waals surface area contributed by atoms with Crippen LogP contribution in [0.5, 0.6) is 0 Å². The molecule has 0 saturated heterocycles. The summed E-state index contributed by atoms with van der Waals surface area (Å²) in [6.45, 7) is 2.48. The van der Waals surface area contributed by atoms with E-state index < -0.39 is 0 Å². The lowest BCUT2D eigenvalue weighted by Gasteiger charge is -2.05. The van der Waals surface area contributed by atoms with Gasteiger partial charge in [-0.15, -0.1) is 0 Å². The van der Waals surface area contributed by atoms with Gasteiger partial charge in [0.15, 0.2) is 5.82 Å². The van der Waals surface area contributed by atoms with E-state index in [1.807, 2.05) is 6.92 Å². The molecule has 0 aliphatic heterocycles. The molecule has 1 amide bonds. The highest BCUT2D eigenvalue weighted by atomic mass is 16.5. The zero-order valence-corrected chi connectivity index (χ0v) is 9.48. The van der Waals surface area contributed by atoms with E-state index in [1.54, 1.807) is 0 Å². The Bertz CT molecular complexity index is 298. The number of nitrogens with two attached hydrogens (primary N) is 1. The molecule has 0 aromatic carbocycles. The number of carbonyl (C=O) groups excluding carboxylic acids is 1. The molecule has 0 radical (unpaired) electrons. The van der Waals surface area contributed by atoms with Crippen LogP contribution in [0.15, 0.2) is 10.9 Å². The highest BCUT2D eigenvalue weighted by Crippen LogP contribution is 1.98. The second-order valence-electron chi connectivity index (χ2n) is 3.82. The number of hydrogen-bond donors (Lipinski definition) is 2. The van der Waals surface area contributed by atoms with E-state index in [0.29, 0.717) is 25.2 Å². The summed E-state index contributed by atoms with van der Waals surface area (Å²) in [5.74, 6) is 0.653. The zero-order valence-electron chi connectivity index (χ0n) is 9.48. The highest BCUT2D eigenvalue weighted by Gasteiger charge is 2.03. The van der Waals surface area contributed by atoms with Crippen LogP contribution in [0.1, 0.15) is 32.0 Å². The first-order valence-electron chi connectivity index (χ1n) is 5.46. The maximum absolute atomic E-state index is 11.3. The fraction of sp³-hybridized carbons (Fsp3) is 0.700. The van der Waals surface area contributed by atoms with Crippen molar-refractivity contribution in [1.29, 1.82) is 0 Å². The van der Waals surface area contributed by atoms with Gasteiger partial charge in [-0.2, -0.15) is 4.98 Å². The van der Waals surface area contributed by atoms with E-state index in [2.05, 4.69) is 20.0 Å². The molecule has 1 heterocycles. The number of nitrogens with zero attached hydrogens (tertiary/aromatic N) is 2. The van der Waals surface area contributed by atoms with Gasteiger partial charge >= 0.3 is 0 Å². The van der Waals surface area contributed by atoms with Gasteiger partial charge in [0.05, 0.1) is 0 Å². The lowest BCUT2D eigenvalue weighted by Crippen LogP contribution is -2.26. The minimum absolute atomic E-state index is 0.0455. The van der Waals surface area contributed by atoms with Crippen LogP contribution >= 0.6 is 0 Å². The van der Waals surface area contributed by atoms with Crippen molar-refractivity contribution < 1.29 is 9.32 Å². The predicted molar refractivity (Wildman–Crippen MR) is 58.5 cm³/mol. The molecule has 1 atom stereocenters. The molecule has 90 valence electrons. The van der Waals surface area contributed by atoms with Gasteiger partial charge in [-0.05, 0) is 19.8 Å². The predicted octanol–water partition coefficient (Wildman–Crippen LogP) is 0.246. The van der Waals surface area contributed by atoms with Crippen molar-refractivity contribution in [2.24, 2.45) is 5.73 Å². The molecule has 1 rings (SSSR count). The minimum Gasteiger partial charge on any atom is -0.356 e. The molecule has 0 bridgehead atoms. The van der Waals surface area contributed by atoms with Crippen LogP contribution in [0.4, 0.5) is 0 Å². The minimum atomic E-state index is 0.0455. The molecule has 1 aromatic rings. The SMILES string of the molecule is CC(N)CCCC(=O)NCCc1ncon1. The summed E-state index contributed by atoms with van der Waals surface area (Å²) in [6.07, 6.45) is 4.09. The van der Waals surface area contributed by atoms with Crippen LogP contribution in [0.2, 0.25) is 0 Å². The van der Waals surface area contributed by atoms with Gasteiger partial charge in [0, 0.05) is 25.4 Å². The van der Waals surface area contributed by atoms with E-state index in [0.717, 1.165) is 12.8 Å². The van der Waals surface area contributed by atoms with E-state index in [9.17, 15) is 4.79 Å². The molecule has 0 aliphatic rings. The molecule has 1 unspecified atom stereocenters. The van der Waals surface area contributed by atoms with E-state index in [-0.39, 0.29) is 11.9 Å². The molecule has 0 saturated carbocycles. The summed E-state index contributed by atoms with van der Waals surface area (Å²) in [6, 6.07) is 0.159. The largest absolute Gasteiger partial charge is 0.356 e. The van der Waals surface area contributed by atoms with Gasteiger partial charge in [-0.25, -0.2) is 0 Å². The Hall–Kier alpha value is -1.43. The van der Waals surface area contributed by atoms with E-state index in [4.69, 9.17) is 5.73 Å². The third-order valence-electron chi connectivity index (χ3n) is 2.14. The Morgan fingerprint density at radius 2 is 2.50 bits per heavy atom. The summed E-state index contributed by atoms with van der Waals surface area (Å²) >= 11 is 0. The summed E-state index contributed by atoms with van der Waals surface area (Å²) in [5.41, 5.74) is 5.58. The second-order valence-corrected chi connectivity index (χ2v) is 3.82. The van der Waals surface area contributed by atoms with Gasteiger partial charge in [-0.3, -0.25) is 4.79 Å². The summed E-state index contributed by atoms with van der Waals surface area (Å²) in [5, 5.41) is 6.44. The molecule has 0 spiro atoms. The van der Waals surface area contributed by atoms with Gasteiger partial charge in [-0.1, -0.05) is 5.16 Å². The maximum Gasteiger partial charge on any atom is 0.220 e. The first-order chi connectivity index (χ1) is 7.68. The molecule has 3 N–H and O–H groups in total. The summed E-state index contributed by atoms with van der Waals surface area (Å²) in [7, 11) is 0. The van der Waals surface area contributed by atoms with Gasteiger partial charge in [0.25, 0.3) is 0 Å². The zero-order chi connectivity index (χ0) is 11.8. The fourth-order valence-corrected chi connectivity index (χ4v) is 1.29. The quantitative estimate of drug-likeness (QED) is 0.694. The van der Waals surface area contributed by atoms with Gasteiger partial charge in [0.1, 0.15) is 0 Å². The van der Waals surface area contributed by atoms with Crippen LogP contribution < -0.4 is 11.1 Å². The number of carbonyl (C=O) groups is 1. The molecular formula is C10H18N4O2. The van der Waals surface area contributed by atoms with Crippen molar-refractivity contribution in [1.82, 2.24) is 15.5 Å². The monoisotopic (exact) mass is 226 g/mol. The van der Waals surface area contributed by atoms with Crippen molar-refractivity contribution in [3.63, 3.8) is 0 Å². The number of rotatable bonds is 7. The normalized spacial score (nSPS) is 12.4. The Morgan fingerprint density at radius 1 is 1.69 bits per heavy atom. The van der Waals surface area contributed by atoms with Crippen molar-refractivity contribution in [2.45, 2.75) is 38.6 Å². The van der Waals surface area contributed by atoms with Crippen LogP contribution in [0.3, 0.4) is 0 Å². The summed E-state index contributed by atoms with van der Waals surface area (Å²) in [4.78, 5) is 15.2. The molecule has 0 fully saturated rings.